The second-order valence-corrected chi connectivity index (χ2v) is 5.69. The molecule has 0 saturated heterocycles. The van der Waals surface area contributed by atoms with Crippen LogP contribution < -0.4 is 5.32 Å². The van der Waals surface area contributed by atoms with Crippen molar-refractivity contribution in [2.45, 2.75) is 30.5 Å². The van der Waals surface area contributed by atoms with E-state index in [0.717, 1.165) is 19.3 Å². The van der Waals surface area contributed by atoms with E-state index in [0.29, 0.717) is 5.16 Å². The lowest BCUT2D eigenvalue weighted by Crippen LogP contribution is -2.39. The summed E-state index contributed by atoms with van der Waals surface area (Å²) in [6.45, 7) is 0.0957. The minimum atomic E-state index is -0.298. The normalized spacial score (nSPS) is 22.5. The first-order valence-electron chi connectivity index (χ1n) is 6.14. The molecule has 19 heavy (non-hydrogen) atoms. The molecule has 1 amide bonds. The lowest BCUT2D eigenvalue weighted by atomic mass is 10.1. The Hall–Kier alpha value is -0.850. The number of carbonyl (C=O) groups excluding carboxylic acids is 1. The van der Waals surface area contributed by atoms with Crippen LogP contribution in [-0.2, 0) is 0 Å². The third kappa shape index (κ3) is 3.38. The van der Waals surface area contributed by atoms with Crippen molar-refractivity contribution in [3.05, 3.63) is 16.9 Å². The molecule has 0 aliphatic heterocycles. The van der Waals surface area contributed by atoms with Crippen molar-refractivity contribution in [2.75, 3.05) is 12.9 Å². The Balaban J connectivity index is 2.11. The summed E-state index contributed by atoms with van der Waals surface area (Å²) in [6, 6.07) is 0.00117. The molecule has 2 unspecified atom stereocenters. The van der Waals surface area contributed by atoms with Crippen molar-refractivity contribution in [1.82, 2.24) is 15.3 Å². The fourth-order valence-electron chi connectivity index (χ4n) is 2.29. The Labute approximate surface area is 121 Å². The van der Waals surface area contributed by atoms with Gasteiger partial charge in [-0.25, -0.2) is 9.97 Å². The van der Waals surface area contributed by atoms with Gasteiger partial charge >= 0.3 is 0 Å². The molecule has 0 spiro atoms. The maximum atomic E-state index is 12.2. The predicted octanol–water partition coefficient (Wildman–Crippen LogP) is 1.74. The summed E-state index contributed by atoms with van der Waals surface area (Å²) >= 11 is 7.32. The van der Waals surface area contributed by atoms with E-state index < -0.39 is 0 Å². The second-order valence-electron chi connectivity index (χ2n) is 4.51. The molecule has 1 fully saturated rings. The minimum Gasteiger partial charge on any atom is -0.396 e. The molecule has 7 heteroatoms. The molecule has 1 aromatic heterocycles. The SMILES string of the molecule is CSc1ncc(Cl)c(C(=O)NC2CCCC2CO)n1. The maximum Gasteiger partial charge on any atom is 0.271 e. The Morgan fingerprint density at radius 1 is 1.63 bits per heavy atom. The first-order chi connectivity index (χ1) is 9.15. The highest BCUT2D eigenvalue weighted by Gasteiger charge is 2.29. The third-order valence-electron chi connectivity index (χ3n) is 3.33. The van der Waals surface area contributed by atoms with E-state index in [9.17, 15) is 9.90 Å². The fraction of sp³-hybridized carbons (Fsp3) is 0.583. The van der Waals surface area contributed by atoms with Gasteiger partial charge in [-0.05, 0) is 19.1 Å². The molecule has 1 saturated carbocycles. The number of amides is 1. The molecule has 1 heterocycles. The Morgan fingerprint density at radius 3 is 3.11 bits per heavy atom. The number of hydrogen-bond donors (Lipinski definition) is 2. The Bertz CT molecular complexity index is 472. The van der Waals surface area contributed by atoms with Gasteiger partial charge in [0.15, 0.2) is 10.9 Å². The molecular weight excluding hydrogens is 286 g/mol. The van der Waals surface area contributed by atoms with Crippen molar-refractivity contribution in [3.8, 4) is 0 Å². The Kier molecular flexibility index (Phi) is 5.01. The van der Waals surface area contributed by atoms with Gasteiger partial charge in [0.25, 0.3) is 5.91 Å². The van der Waals surface area contributed by atoms with Gasteiger partial charge in [-0.15, -0.1) is 0 Å². The highest BCUT2D eigenvalue weighted by molar-refractivity contribution is 7.98. The highest BCUT2D eigenvalue weighted by Crippen LogP contribution is 2.26. The number of hydrogen-bond acceptors (Lipinski definition) is 5. The van der Waals surface area contributed by atoms with Crippen molar-refractivity contribution >= 4 is 29.3 Å². The van der Waals surface area contributed by atoms with Gasteiger partial charge in [0.1, 0.15) is 0 Å². The third-order valence-corrected chi connectivity index (χ3v) is 4.17. The topological polar surface area (TPSA) is 75.1 Å². The van der Waals surface area contributed by atoms with Crippen molar-refractivity contribution < 1.29 is 9.90 Å². The highest BCUT2D eigenvalue weighted by atomic mass is 35.5. The van der Waals surface area contributed by atoms with E-state index in [1.807, 2.05) is 6.26 Å². The molecule has 104 valence electrons. The number of aromatic nitrogens is 2. The number of halogens is 1. The van der Waals surface area contributed by atoms with Crippen LogP contribution in [0.3, 0.4) is 0 Å². The van der Waals surface area contributed by atoms with Crippen LogP contribution in [0.1, 0.15) is 29.8 Å². The van der Waals surface area contributed by atoms with E-state index in [2.05, 4.69) is 15.3 Å². The zero-order valence-electron chi connectivity index (χ0n) is 10.6. The van der Waals surface area contributed by atoms with Crippen LogP contribution >= 0.6 is 23.4 Å². The zero-order valence-corrected chi connectivity index (χ0v) is 12.2. The molecule has 5 nitrogen and oxygen atoms in total. The molecule has 2 atom stereocenters. The van der Waals surface area contributed by atoms with Gasteiger partial charge in [-0.3, -0.25) is 4.79 Å². The summed E-state index contributed by atoms with van der Waals surface area (Å²) in [6.07, 6.45) is 6.12. The average molecular weight is 302 g/mol. The summed E-state index contributed by atoms with van der Waals surface area (Å²) in [5.74, 6) is -0.169. The largest absolute Gasteiger partial charge is 0.396 e. The lowest BCUT2D eigenvalue weighted by Gasteiger charge is -2.19. The molecule has 1 aromatic rings. The maximum absolute atomic E-state index is 12.2. The first-order valence-corrected chi connectivity index (χ1v) is 7.74. The van der Waals surface area contributed by atoms with Crippen LogP contribution in [0.25, 0.3) is 0 Å². The molecule has 0 radical (unpaired) electrons. The monoisotopic (exact) mass is 301 g/mol. The molecule has 0 aromatic carbocycles. The second kappa shape index (κ2) is 6.54. The standard InChI is InChI=1S/C12H16ClN3O2S/c1-19-12-14-5-8(13)10(16-12)11(18)15-9-4-2-3-7(9)6-17/h5,7,9,17H,2-4,6H2,1H3,(H,15,18). The van der Waals surface area contributed by atoms with Crippen LogP contribution in [0.5, 0.6) is 0 Å². The zero-order chi connectivity index (χ0) is 13.8. The Morgan fingerprint density at radius 2 is 2.42 bits per heavy atom. The van der Waals surface area contributed by atoms with Gasteiger partial charge in [-0.2, -0.15) is 0 Å². The van der Waals surface area contributed by atoms with E-state index in [4.69, 9.17) is 11.6 Å². The van der Waals surface area contributed by atoms with Crippen LogP contribution in [0.4, 0.5) is 0 Å². The average Bonchev–Trinajstić information content (AvgIpc) is 2.86. The number of aliphatic hydroxyl groups excluding tert-OH is 1. The summed E-state index contributed by atoms with van der Waals surface area (Å²) < 4.78 is 0. The minimum absolute atomic E-state index is 0.00117. The molecule has 1 aliphatic rings. The smallest absolute Gasteiger partial charge is 0.271 e. The quantitative estimate of drug-likeness (QED) is 0.654. The number of carbonyl (C=O) groups is 1. The summed E-state index contributed by atoms with van der Waals surface area (Å²) in [7, 11) is 0. The number of nitrogens with one attached hydrogen (secondary N) is 1. The summed E-state index contributed by atoms with van der Waals surface area (Å²) in [5, 5.41) is 12.9. The van der Waals surface area contributed by atoms with Crippen LogP contribution in [0.15, 0.2) is 11.4 Å². The van der Waals surface area contributed by atoms with Gasteiger partial charge in [0.2, 0.25) is 0 Å². The van der Waals surface area contributed by atoms with Gasteiger partial charge in [0.05, 0.1) is 11.2 Å². The number of rotatable bonds is 4. The van der Waals surface area contributed by atoms with Gasteiger partial charge < -0.3 is 10.4 Å². The fourth-order valence-corrected chi connectivity index (χ4v) is 2.81. The predicted molar refractivity (Wildman–Crippen MR) is 74.5 cm³/mol. The van der Waals surface area contributed by atoms with E-state index in [-0.39, 0.29) is 35.2 Å². The van der Waals surface area contributed by atoms with E-state index in [1.165, 1.54) is 18.0 Å². The van der Waals surface area contributed by atoms with E-state index in [1.54, 1.807) is 0 Å². The summed E-state index contributed by atoms with van der Waals surface area (Å²) in [5.41, 5.74) is 0.199. The van der Waals surface area contributed by atoms with Crippen LogP contribution in [-0.4, -0.2) is 39.9 Å². The first kappa shape index (κ1) is 14.6. The lowest BCUT2D eigenvalue weighted by molar-refractivity contribution is 0.0910. The molecule has 2 N–H and O–H groups in total. The van der Waals surface area contributed by atoms with Crippen molar-refractivity contribution in [2.24, 2.45) is 5.92 Å². The number of nitrogens with zero attached hydrogens (tertiary/aromatic N) is 2. The van der Waals surface area contributed by atoms with Crippen LogP contribution in [0.2, 0.25) is 5.02 Å². The number of aliphatic hydroxyl groups is 1. The number of thioether (sulfide) groups is 1. The van der Waals surface area contributed by atoms with Crippen LogP contribution in [0, 0.1) is 5.92 Å². The van der Waals surface area contributed by atoms with Crippen molar-refractivity contribution in [3.63, 3.8) is 0 Å². The molecule has 0 bridgehead atoms. The molecule has 2 rings (SSSR count). The molecular formula is C12H16ClN3O2S. The molecule has 1 aliphatic carbocycles. The van der Waals surface area contributed by atoms with Gasteiger partial charge in [-0.1, -0.05) is 29.8 Å². The van der Waals surface area contributed by atoms with Crippen molar-refractivity contribution in [1.29, 1.82) is 0 Å². The van der Waals surface area contributed by atoms with Gasteiger partial charge in [0, 0.05) is 18.6 Å². The van der Waals surface area contributed by atoms with E-state index >= 15 is 0 Å². The summed E-state index contributed by atoms with van der Waals surface area (Å²) in [4.78, 5) is 20.3.